The van der Waals surface area contributed by atoms with Crippen LogP contribution in [0.4, 0.5) is 0 Å². The standard InChI is InChI=1S/C14H15NO3/c1-14(2,3)11-7-15-12(16)9-5-4-8(13(17)18)6-10(9)11/h4-7H,1-3H3,(H,15,16)(H,17,18). The van der Waals surface area contributed by atoms with Gasteiger partial charge in [0.15, 0.2) is 0 Å². The van der Waals surface area contributed by atoms with Crippen LogP contribution in [-0.4, -0.2) is 16.1 Å². The number of pyridine rings is 1. The molecule has 1 heterocycles. The Balaban J connectivity index is 2.89. The van der Waals surface area contributed by atoms with Crippen LogP contribution in [0, 0.1) is 0 Å². The molecule has 0 aliphatic rings. The topological polar surface area (TPSA) is 70.2 Å². The molecular weight excluding hydrogens is 230 g/mol. The van der Waals surface area contributed by atoms with Crippen molar-refractivity contribution < 1.29 is 9.90 Å². The second-order valence-electron chi connectivity index (χ2n) is 5.35. The first-order chi connectivity index (χ1) is 8.30. The highest BCUT2D eigenvalue weighted by Gasteiger charge is 2.19. The van der Waals surface area contributed by atoms with Gasteiger partial charge in [-0.2, -0.15) is 0 Å². The first-order valence-electron chi connectivity index (χ1n) is 5.70. The van der Waals surface area contributed by atoms with Crippen LogP contribution < -0.4 is 5.56 Å². The maximum absolute atomic E-state index is 11.7. The first-order valence-corrected chi connectivity index (χ1v) is 5.70. The molecule has 94 valence electrons. The lowest BCUT2D eigenvalue weighted by atomic mass is 9.85. The summed E-state index contributed by atoms with van der Waals surface area (Å²) in [4.78, 5) is 25.4. The van der Waals surface area contributed by atoms with E-state index in [9.17, 15) is 9.59 Å². The zero-order chi connectivity index (χ0) is 13.5. The van der Waals surface area contributed by atoms with E-state index in [0.717, 1.165) is 5.56 Å². The number of H-pyrrole nitrogens is 1. The molecule has 0 unspecified atom stereocenters. The Bertz CT molecular complexity index is 677. The molecule has 1 aromatic heterocycles. The Morgan fingerprint density at radius 3 is 2.44 bits per heavy atom. The molecule has 4 nitrogen and oxygen atoms in total. The van der Waals surface area contributed by atoms with Gasteiger partial charge in [-0.3, -0.25) is 4.79 Å². The molecule has 1 aromatic carbocycles. The van der Waals surface area contributed by atoms with Crippen molar-refractivity contribution in [3.63, 3.8) is 0 Å². The Morgan fingerprint density at radius 2 is 1.89 bits per heavy atom. The van der Waals surface area contributed by atoms with Crippen LogP contribution >= 0.6 is 0 Å². The van der Waals surface area contributed by atoms with Gasteiger partial charge in [-0.05, 0) is 34.6 Å². The maximum atomic E-state index is 11.7. The number of benzene rings is 1. The minimum Gasteiger partial charge on any atom is -0.478 e. The van der Waals surface area contributed by atoms with Crippen LogP contribution in [0.25, 0.3) is 10.8 Å². The van der Waals surface area contributed by atoms with Crippen molar-refractivity contribution in [1.29, 1.82) is 0 Å². The van der Waals surface area contributed by atoms with E-state index in [1.165, 1.54) is 6.07 Å². The number of carbonyl (C=O) groups is 1. The molecule has 18 heavy (non-hydrogen) atoms. The number of rotatable bonds is 1. The van der Waals surface area contributed by atoms with Crippen molar-refractivity contribution in [3.8, 4) is 0 Å². The SMILES string of the molecule is CC(C)(C)c1c[nH]c(=O)c2ccc(C(=O)O)cc12. The van der Waals surface area contributed by atoms with Gasteiger partial charge in [0.2, 0.25) is 0 Å². The van der Waals surface area contributed by atoms with Crippen LogP contribution in [-0.2, 0) is 5.41 Å². The van der Waals surface area contributed by atoms with Crippen molar-refractivity contribution in [1.82, 2.24) is 4.98 Å². The van der Waals surface area contributed by atoms with E-state index < -0.39 is 5.97 Å². The number of aromatic carboxylic acids is 1. The van der Waals surface area contributed by atoms with Gasteiger partial charge in [0.05, 0.1) is 5.56 Å². The molecular formula is C14H15NO3. The third-order valence-electron chi connectivity index (χ3n) is 2.96. The first kappa shape index (κ1) is 12.4. The molecule has 0 aliphatic carbocycles. The minimum atomic E-state index is -0.989. The molecule has 0 aliphatic heterocycles. The number of hydrogen-bond donors (Lipinski definition) is 2. The Labute approximate surface area is 104 Å². The number of aromatic nitrogens is 1. The van der Waals surface area contributed by atoms with Crippen molar-refractivity contribution in [2.75, 3.05) is 0 Å². The quantitative estimate of drug-likeness (QED) is 0.811. The lowest BCUT2D eigenvalue weighted by Gasteiger charge is -2.20. The summed E-state index contributed by atoms with van der Waals surface area (Å²) in [5, 5.41) is 10.2. The van der Waals surface area contributed by atoms with Gasteiger partial charge in [-0.1, -0.05) is 20.8 Å². The average molecular weight is 245 g/mol. The number of carboxylic acids is 1. The highest BCUT2D eigenvalue weighted by molar-refractivity contribution is 5.95. The highest BCUT2D eigenvalue weighted by atomic mass is 16.4. The molecule has 0 atom stereocenters. The van der Waals surface area contributed by atoms with Gasteiger partial charge in [-0.15, -0.1) is 0 Å². The number of carboxylic acid groups (broad SMARTS) is 1. The fraction of sp³-hybridized carbons (Fsp3) is 0.286. The van der Waals surface area contributed by atoms with E-state index in [-0.39, 0.29) is 16.5 Å². The molecule has 0 fully saturated rings. The molecule has 4 heteroatoms. The summed E-state index contributed by atoms with van der Waals surface area (Å²) >= 11 is 0. The summed E-state index contributed by atoms with van der Waals surface area (Å²) < 4.78 is 0. The minimum absolute atomic E-state index is 0.167. The maximum Gasteiger partial charge on any atom is 0.335 e. The lowest BCUT2D eigenvalue weighted by Crippen LogP contribution is -2.17. The van der Waals surface area contributed by atoms with Crippen LogP contribution in [0.1, 0.15) is 36.7 Å². The molecule has 2 N–H and O–H groups in total. The Hall–Kier alpha value is -2.10. The summed E-state index contributed by atoms with van der Waals surface area (Å²) in [7, 11) is 0. The zero-order valence-corrected chi connectivity index (χ0v) is 10.6. The van der Waals surface area contributed by atoms with Gasteiger partial charge >= 0.3 is 5.97 Å². The monoisotopic (exact) mass is 245 g/mol. The summed E-state index contributed by atoms with van der Waals surface area (Å²) in [5.74, 6) is -0.989. The number of aromatic amines is 1. The number of hydrogen-bond acceptors (Lipinski definition) is 2. The van der Waals surface area contributed by atoms with Crippen LogP contribution in [0.15, 0.2) is 29.2 Å². The smallest absolute Gasteiger partial charge is 0.335 e. The summed E-state index contributed by atoms with van der Waals surface area (Å²) in [5.41, 5.74) is 0.758. The van der Waals surface area contributed by atoms with E-state index in [1.54, 1.807) is 18.3 Å². The third kappa shape index (κ3) is 2.01. The van der Waals surface area contributed by atoms with Crippen molar-refractivity contribution in [2.24, 2.45) is 0 Å². The average Bonchev–Trinajstić information content (AvgIpc) is 2.27. The van der Waals surface area contributed by atoms with Crippen LogP contribution in [0.2, 0.25) is 0 Å². The zero-order valence-electron chi connectivity index (χ0n) is 10.6. The van der Waals surface area contributed by atoms with Gasteiger partial charge in [-0.25, -0.2) is 4.79 Å². The summed E-state index contributed by atoms with van der Waals surface area (Å²) in [6, 6.07) is 4.58. The molecule has 0 radical (unpaired) electrons. The molecule has 2 aromatic rings. The fourth-order valence-corrected chi connectivity index (χ4v) is 2.01. The van der Waals surface area contributed by atoms with Crippen LogP contribution in [0.3, 0.4) is 0 Å². The highest BCUT2D eigenvalue weighted by Crippen LogP contribution is 2.28. The predicted molar refractivity (Wildman–Crippen MR) is 70.2 cm³/mol. The summed E-state index contributed by atoms with van der Waals surface area (Å²) in [6.45, 7) is 6.06. The molecule has 2 rings (SSSR count). The van der Waals surface area contributed by atoms with Gasteiger partial charge < -0.3 is 10.1 Å². The van der Waals surface area contributed by atoms with Gasteiger partial charge in [0, 0.05) is 11.6 Å². The van der Waals surface area contributed by atoms with Gasteiger partial charge in [0.25, 0.3) is 5.56 Å². The predicted octanol–water partition coefficient (Wildman–Crippen LogP) is 2.52. The largest absolute Gasteiger partial charge is 0.478 e. The molecule has 0 bridgehead atoms. The van der Waals surface area contributed by atoms with E-state index >= 15 is 0 Å². The normalized spacial score (nSPS) is 11.7. The number of fused-ring (bicyclic) bond motifs is 1. The second kappa shape index (κ2) is 3.98. The van der Waals surface area contributed by atoms with Gasteiger partial charge in [0.1, 0.15) is 0 Å². The van der Waals surface area contributed by atoms with E-state index in [2.05, 4.69) is 4.98 Å². The molecule has 0 saturated heterocycles. The van der Waals surface area contributed by atoms with Crippen molar-refractivity contribution in [2.45, 2.75) is 26.2 Å². The summed E-state index contributed by atoms with van der Waals surface area (Å²) in [6.07, 6.45) is 1.66. The van der Waals surface area contributed by atoms with Crippen molar-refractivity contribution in [3.05, 3.63) is 45.9 Å². The van der Waals surface area contributed by atoms with E-state index in [1.807, 2.05) is 20.8 Å². The third-order valence-corrected chi connectivity index (χ3v) is 2.96. The Morgan fingerprint density at radius 1 is 1.22 bits per heavy atom. The second-order valence-corrected chi connectivity index (χ2v) is 5.35. The Kier molecular flexibility index (Phi) is 2.73. The molecule has 0 spiro atoms. The number of nitrogens with one attached hydrogen (secondary N) is 1. The molecule has 0 amide bonds. The molecule has 0 saturated carbocycles. The van der Waals surface area contributed by atoms with E-state index in [4.69, 9.17) is 5.11 Å². The lowest BCUT2D eigenvalue weighted by molar-refractivity contribution is 0.0697. The van der Waals surface area contributed by atoms with E-state index in [0.29, 0.717) is 10.8 Å². The van der Waals surface area contributed by atoms with Crippen LogP contribution in [0.5, 0.6) is 0 Å². The fourth-order valence-electron chi connectivity index (χ4n) is 2.01. The van der Waals surface area contributed by atoms with Crippen molar-refractivity contribution >= 4 is 16.7 Å².